The van der Waals surface area contributed by atoms with E-state index >= 15 is 0 Å². The topological polar surface area (TPSA) is 49.2 Å². The van der Waals surface area contributed by atoms with Crippen molar-refractivity contribution in [3.05, 3.63) is 54.1 Å². The Morgan fingerprint density at radius 2 is 1.71 bits per heavy atom. The van der Waals surface area contributed by atoms with Crippen molar-refractivity contribution < 1.29 is 9.47 Å². The molecule has 1 aromatic heterocycles. The van der Waals surface area contributed by atoms with E-state index in [1.807, 2.05) is 54.1 Å². The monoisotopic (exact) mass is 341 g/mol. The van der Waals surface area contributed by atoms with Gasteiger partial charge in [-0.2, -0.15) is 0 Å². The Labute approximate surface area is 145 Å². The van der Waals surface area contributed by atoms with Crippen LogP contribution in [0.15, 0.2) is 53.7 Å². The fourth-order valence-electron chi connectivity index (χ4n) is 2.34. The molecule has 0 N–H and O–H groups in total. The average Bonchev–Trinajstić information content (AvgIpc) is 3.01. The summed E-state index contributed by atoms with van der Waals surface area (Å²) >= 11 is 1.65. The van der Waals surface area contributed by atoms with Crippen molar-refractivity contribution in [3.8, 4) is 22.9 Å². The second-order valence-electron chi connectivity index (χ2n) is 5.23. The summed E-state index contributed by atoms with van der Waals surface area (Å²) in [5, 5.41) is 9.50. The number of hydrogen-bond acceptors (Lipinski definition) is 5. The van der Waals surface area contributed by atoms with Crippen molar-refractivity contribution in [2.24, 2.45) is 7.05 Å². The molecule has 5 nitrogen and oxygen atoms in total. The van der Waals surface area contributed by atoms with Crippen molar-refractivity contribution >= 4 is 11.8 Å². The van der Waals surface area contributed by atoms with Gasteiger partial charge in [-0.25, -0.2) is 0 Å². The van der Waals surface area contributed by atoms with Crippen LogP contribution in [-0.2, 0) is 12.8 Å². The molecule has 0 unspecified atom stereocenters. The molecule has 24 heavy (non-hydrogen) atoms. The summed E-state index contributed by atoms with van der Waals surface area (Å²) in [5.74, 6) is 3.34. The van der Waals surface area contributed by atoms with Crippen molar-refractivity contribution in [2.75, 3.05) is 14.2 Å². The van der Waals surface area contributed by atoms with E-state index in [2.05, 4.69) is 16.3 Å². The van der Waals surface area contributed by atoms with E-state index in [1.54, 1.807) is 26.0 Å². The first-order valence-electron chi connectivity index (χ1n) is 7.51. The Bertz CT molecular complexity index is 815. The van der Waals surface area contributed by atoms with E-state index in [0.717, 1.165) is 33.8 Å². The van der Waals surface area contributed by atoms with Crippen LogP contribution in [0.3, 0.4) is 0 Å². The molecule has 0 saturated heterocycles. The average molecular weight is 341 g/mol. The van der Waals surface area contributed by atoms with Gasteiger partial charge in [0.1, 0.15) is 11.5 Å². The molecule has 0 aliphatic heterocycles. The Morgan fingerprint density at radius 3 is 2.42 bits per heavy atom. The van der Waals surface area contributed by atoms with E-state index in [-0.39, 0.29) is 0 Å². The van der Waals surface area contributed by atoms with E-state index in [1.165, 1.54) is 5.56 Å². The maximum absolute atomic E-state index is 5.26. The smallest absolute Gasteiger partial charge is 0.191 e. The second-order valence-corrected chi connectivity index (χ2v) is 6.18. The summed E-state index contributed by atoms with van der Waals surface area (Å²) in [5.41, 5.74) is 2.20. The molecular formula is C18H19N3O2S. The lowest BCUT2D eigenvalue weighted by Crippen LogP contribution is -1.95. The van der Waals surface area contributed by atoms with Crippen LogP contribution in [-0.4, -0.2) is 29.0 Å². The quantitative estimate of drug-likeness (QED) is 0.639. The molecule has 3 rings (SSSR count). The fourth-order valence-corrected chi connectivity index (χ4v) is 3.20. The van der Waals surface area contributed by atoms with Gasteiger partial charge in [0.15, 0.2) is 11.0 Å². The number of thioether (sulfide) groups is 1. The third-order valence-corrected chi connectivity index (χ3v) is 4.78. The van der Waals surface area contributed by atoms with Crippen molar-refractivity contribution in [1.82, 2.24) is 14.8 Å². The van der Waals surface area contributed by atoms with Gasteiger partial charge in [-0.15, -0.1) is 10.2 Å². The zero-order valence-electron chi connectivity index (χ0n) is 13.9. The van der Waals surface area contributed by atoms with E-state index < -0.39 is 0 Å². The molecule has 2 aromatic carbocycles. The van der Waals surface area contributed by atoms with Crippen LogP contribution in [0.2, 0.25) is 0 Å². The summed E-state index contributed by atoms with van der Waals surface area (Å²) in [6.45, 7) is 0. The Morgan fingerprint density at radius 1 is 0.958 bits per heavy atom. The van der Waals surface area contributed by atoms with Gasteiger partial charge >= 0.3 is 0 Å². The second kappa shape index (κ2) is 7.40. The number of aromatic nitrogens is 3. The highest BCUT2D eigenvalue weighted by atomic mass is 32.2. The lowest BCUT2D eigenvalue weighted by atomic mass is 10.2. The molecule has 0 radical (unpaired) electrons. The Balaban J connectivity index is 1.74. The highest BCUT2D eigenvalue weighted by Gasteiger charge is 2.11. The molecule has 3 aromatic rings. The van der Waals surface area contributed by atoms with Crippen molar-refractivity contribution in [1.29, 1.82) is 0 Å². The van der Waals surface area contributed by atoms with Gasteiger partial charge in [-0.1, -0.05) is 23.9 Å². The van der Waals surface area contributed by atoms with Crippen molar-refractivity contribution in [2.45, 2.75) is 10.9 Å². The largest absolute Gasteiger partial charge is 0.497 e. The summed E-state index contributed by atoms with van der Waals surface area (Å²) < 4.78 is 12.5. The first kappa shape index (κ1) is 16.4. The van der Waals surface area contributed by atoms with Crippen LogP contribution in [0.4, 0.5) is 0 Å². The van der Waals surface area contributed by atoms with Crippen LogP contribution in [0.25, 0.3) is 11.4 Å². The minimum atomic E-state index is 0.811. The molecule has 6 heteroatoms. The third-order valence-electron chi connectivity index (χ3n) is 3.69. The highest BCUT2D eigenvalue weighted by Crippen LogP contribution is 2.27. The Kier molecular flexibility index (Phi) is 5.05. The summed E-state index contributed by atoms with van der Waals surface area (Å²) in [4.78, 5) is 0. The van der Waals surface area contributed by atoms with Crippen LogP contribution in [0.5, 0.6) is 11.5 Å². The molecule has 0 bridgehead atoms. The zero-order chi connectivity index (χ0) is 16.9. The van der Waals surface area contributed by atoms with E-state index in [4.69, 9.17) is 9.47 Å². The minimum Gasteiger partial charge on any atom is -0.497 e. The van der Waals surface area contributed by atoms with E-state index in [9.17, 15) is 0 Å². The van der Waals surface area contributed by atoms with Crippen LogP contribution < -0.4 is 9.47 Å². The van der Waals surface area contributed by atoms with Gasteiger partial charge in [0.2, 0.25) is 0 Å². The van der Waals surface area contributed by atoms with Crippen LogP contribution in [0.1, 0.15) is 5.56 Å². The van der Waals surface area contributed by atoms with Gasteiger partial charge in [0.05, 0.1) is 14.2 Å². The van der Waals surface area contributed by atoms with Crippen molar-refractivity contribution in [3.63, 3.8) is 0 Å². The third kappa shape index (κ3) is 3.54. The van der Waals surface area contributed by atoms with Gasteiger partial charge < -0.3 is 14.0 Å². The molecule has 124 valence electrons. The lowest BCUT2D eigenvalue weighted by Gasteiger charge is -2.06. The zero-order valence-corrected chi connectivity index (χ0v) is 14.7. The number of ether oxygens (including phenoxy) is 2. The predicted molar refractivity (Wildman–Crippen MR) is 95.5 cm³/mol. The van der Waals surface area contributed by atoms with Gasteiger partial charge in [-0.05, 0) is 42.0 Å². The molecule has 0 spiro atoms. The van der Waals surface area contributed by atoms with Gasteiger partial charge in [-0.3, -0.25) is 0 Å². The molecule has 0 saturated carbocycles. The van der Waals surface area contributed by atoms with E-state index in [0.29, 0.717) is 0 Å². The number of benzene rings is 2. The maximum Gasteiger partial charge on any atom is 0.191 e. The molecule has 0 atom stereocenters. The molecule has 1 heterocycles. The number of hydrogen-bond donors (Lipinski definition) is 0. The lowest BCUT2D eigenvalue weighted by molar-refractivity contribution is 0.414. The molecule has 0 fully saturated rings. The normalized spacial score (nSPS) is 10.6. The number of methoxy groups -OCH3 is 2. The fraction of sp³-hybridized carbons (Fsp3) is 0.222. The molecule has 0 amide bonds. The standard InChI is InChI=1S/C18H19N3O2S/c1-21-17(14-7-9-15(22-2)10-8-14)19-20-18(21)24-12-13-5-4-6-16(11-13)23-3/h4-11H,12H2,1-3H3. The summed E-state index contributed by atoms with van der Waals surface area (Å²) in [6, 6.07) is 15.9. The van der Waals surface area contributed by atoms with Crippen LogP contribution in [0, 0.1) is 0 Å². The van der Waals surface area contributed by atoms with Gasteiger partial charge in [0.25, 0.3) is 0 Å². The molecule has 0 aliphatic rings. The molecule has 0 aliphatic carbocycles. The minimum absolute atomic E-state index is 0.811. The summed E-state index contributed by atoms with van der Waals surface area (Å²) in [7, 11) is 5.31. The highest BCUT2D eigenvalue weighted by molar-refractivity contribution is 7.98. The van der Waals surface area contributed by atoms with Gasteiger partial charge in [0, 0.05) is 18.4 Å². The first-order chi connectivity index (χ1) is 11.7. The Hall–Kier alpha value is -2.47. The SMILES string of the molecule is COc1ccc(-c2nnc(SCc3cccc(OC)c3)n2C)cc1. The predicted octanol–water partition coefficient (Wildman–Crippen LogP) is 3.79. The summed E-state index contributed by atoms with van der Waals surface area (Å²) in [6.07, 6.45) is 0. The first-order valence-corrected chi connectivity index (χ1v) is 8.49. The molecular weight excluding hydrogens is 322 g/mol. The number of nitrogens with zero attached hydrogens (tertiary/aromatic N) is 3. The van der Waals surface area contributed by atoms with Crippen LogP contribution >= 0.6 is 11.8 Å². The maximum atomic E-state index is 5.26. The number of rotatable bonds is 6.